The van der Waals surface area contributed by atoms with Crippen LogP contribution in [0, 0.1) is 62.6 Å². The number of fused-ring (bicyclic) bond motifs is 3. The monoisotopic (exact) mass is 410 g/mol. The highest BCUT2D eigenvalue weighted by atomic mass is 14.8. The molecule has 0 unspecified atom stereocenters. The average Bonchev–Trinajstić information content (AvgIpc) is 3.20. The molecule has 2 aromatic rings. The van der Waals surface area contributed by atoms with Gasteiger partial charge in [-0.3, -0.25) is 0 Å². The van der Waals surface area contributed by atoms with Crippen molar-refractivity contribution in [1.82, 2.24) is 0 Å². The molecule has 4 aliphatic carbocycles. The minimum Gasteiger partial charge on any atom is -0.198 e. The molecule has 4 heteroatoms. The summed E-state index contributed by atoms with van der Waals surface area (Å²) in [7, 11) is 0. The summed E-state index contributed by atoms with van der Waals surface area (Å²) >= 11 is 0. The van der Waals surface area contributed by atoms with Gasteiger partial charge in [-0.2, -0.15) is 21.0 Å². The molecule has 6 rings (SSSR count). The molecule has 1 saturated carbocycles. The van der Waals surface area contributed by atoms with Gasteiger partial charge in [0.15, 0.2) is 0 Å². The van der Waals surface area contributed by atoms with Crippen molar-refractivity contribution in [3.63, 3.8) is 0 Å². The third-order valence-electron chi connectivity index (χ3n) is 8.43. The maximum Gasteiger partial charge on any atom is 0.114 e. The van der Waals surface area contributed by atoms with Crippen LogP contribution in [0.5, 0.6) is 0 Å². The number of hydrogen-bond acceptors (Lipinski definition) is 4. The molecule has 0 N–H and O–H groups in total. The van der Waals surface area contributed by atoms with Crippen LogP contribution in [0.15, 0.2) is 77.9 Å². The fraction of sp³-hybridized carbons (Fsp3) is 0.286. The summed E-state index contributed by atoms with van der Waals surface area (Å²) in [5.74, 6) is -1.51. The van der Waals surface area contributed by atoms with Gasteiger partial charge in [-0.1, -0.05) is 72.3 Å². The lowest BCUT2D eigenvalue weighted by Gasteiger charge is -2.67. The molecule has 1 fully saturated rings. The second-order valence-electron chi connectivity index (χ2n) is 9.22. The maximum atomic E-state index is 10.9. The molecular weight excluding hydrogens is 392 g/mol. The van der Waals surface area contributed by atoms with Crippen LogP contribution < -0.4 is 0 Å². The minimum atomic E-state index is -1.16. The molecule has 4 nitrogen and oxygen atoms in total. The first-order valence-corrected chi connectivity index (χ1v) is 10.8. The molecule has 0 saturated heterocycles. The molecule has 6 atom stereocenters. The van der Waals surface area contributed by atoms with Crippen LogP contribution in [0.25, 0.3) is 0 Å². The molecule has 0 radical (unpaired) electrons. The van der Waals surface area contributed by atoms with Gasteiger partial charge in [0.05, 0.1) is 41.5 Å². The molecule has 1 spiro atoms. The lowest BCUT2D eigenvalue weighted by Crippen LogP contribution is -2.71. The number of rotatable bonds is 1. The Labute approximate surface area is 186 Å². The SMILES string of the molecule is N#C[C@H]1[C@H](C#N)[C@@]2(C#N)c3ccccc3[C@@]3(C#N)C4=C(CC=C[C@]412)C[C@H]3c1ccccc1. The Bertz CT molecular complexity index is 1410. The van der Waals surface area contributed by atoms with E-state index < -0.39 is 28.1 Å². The predicted octanol–water partition coefficient (Wildman–Crippen LogP) is 4.95. The molecule has 150 valence electrons. The van der Waals surface area contributed by atoms with Gasteiger partial charge in [0.25, 0.3) is 0 Å². The van der Waals surface area contributed by atoms with Gasteiger partial charge >= 0.3 is 0 Å². The van der Waals surface area contributed by atoms with E-state index in [1.54, 1.807) is 0 Å². The molecule has 0 heterocycles. The van der Waals surface area contributed by atoms with Crippen LogP contribution in [0.1, 0.15) is 35.4 Å². The van der Waals surface area contributed by atoms with Crippen molar-refractivity contribution in [2.75, 3.05) is 0 Å². The Morgan fingerprint density at radius 1 is 0.781 bits per heavy atom. The van der Waals surface area contributed by atoms with E-state index in [2.05, 4.69) is 36.4 Å². The van der Waals surface area contributed by atoms with Crippen molar-refractivity contribution in [3.05, 3.63) is 94.6 Å². The molecule has 0 aromatic heterocycles. The minimum absolute atomic E-state index is 0.103. The van der Waals surface area contributed by atoms with Gasteiger partial charge in [-0.25, -0.2) is 0 Å². The fourth-order valence-corrected chi connectivity index (χ4v) is 7.44. The Morgan fingerprint density at radius 2 is 1.47 bits per heavy atom. The highest BCUT2D eigenvalue weighted by molar-refractivity contribution is 5.74. The quantitative estimate of drug-likeness (QED) is 0.622. The van der Waals surface area contributed by atoms with Crippen LogP contribution in [0.2, 0.25) is 0 Å². The molecule has 0 bridgehead atoms. The number of hydrogen-bond donors (Lipinski definition) is 0. The summed E-state index contributed by atoms with van der Waals surface area (Å²) < 4.78 is 0. The van der Waals surface area contributed by atoms with E-state index >= 15 is 0 Å². The Hall–Kier alpha value is -4.12. The second kappa shape index (κ2) is 5.98. The number of nitriles is 4. The maximum absolute atomic E-state index is 10.9. The number of benzene rings is 2. The van der Waals surface area contributed by atoms with Crippen molar-refractivity contribution in [2.24, 2.45) is 17.3 Å². The normalized spacial score (nSPS) is 37.4. The number of nitrogens with zero attached hydrogens (tertiary/aromatic N) is 4. The van der Waals surface area contributed by atoms with Gasteiger partial charge < -0.3 is 0 Å². The average molecular weight is 410 g/mol. The van der Waals surface area contributed by atoms with Crippen LogP contribution in [-0.4, -0.2) is 0 Å². The summed E-state index contributed by atoms with van der Waals surface area (Å²) in [4.78, 5) is 0. The van der Waals surface area contributed by atoms with Crippen LogP contribution in [-0.2, 0) is 10.8 Å². The molecule has 4 aliphatic rings. The Balaban J connectivity index is 1.78. The topological polar surface area (TPSA) is 95.2 Å². The summed E-state index contributed by atoms with van der Waals surface area (Å²) in [5, 5.41) is 41.8. The van der Waals surface area contributed by atoms with E-state index in [0.717, 1.165) is 27.8 Å². The van der Waals surface area contributed by atoms with E-state index in [0.29, 0.717) is 12.8 Å². The van der Waals surface area contributed by atoms with Crippen molar-refractivity contribution in [1.29, 1.82) is 21.0 Å². The van der Waals surface area contributed by atoms with Crippen LogP contribution in [0.4, 0.5) is 0 Å². The zero-order valence-electron chi connectivity index (χ0n) is 17.3. The molecular formula is C28H18N4. The van der Waals surface area contributed by atoms with E-state index in [1.165, 1.54) is 0 Å². The van der Waals surface area contributed by atoms with Crippen LogP contribution in [0.3, 0.4) is 0 Å². The fourth-order valence-electron chi connectivity index (χ4n) is 7.44. The van der Waals surface area contributed by atoms with Gasteiger partial charge in [-0.15, -0.1) is 0 Å². The zero-order valence-corrected chi connectivity index (χ0v) is 17.3. The van der Waals surface area contributed by atoms with Gasteiger partial charge in [0.1, 0.15) is 10.8 Å². The number of allylic oxidation sites excluding steroid dienone is 4. The first kappa shape index (κ1) is 18.6. The smallest absolute Gasteiger partial charge is 0.114 e. The predicted molar refractivity (Wildman–Crippen MR) is 116 cm³/mol. The first-order chi connectivity index (χ1) is 15.7. The molecule has 0 amide bonds. The first-order valence-electron chi connectivity index (χ1n) is 10.8. The summed E-state index contributed by atoms with van der Waals surface area (Å²) in [6, 6.07) is 27.7. The van der Waals surface area contributed by atoms with Gasteiger partial charge in [0, 0.05) is 5.92 Å². The van der Waals surface area contributed by atoms with E-state index in [9.17, 15) is 21.0 Å². The molecule has 0 aliphatic heterocycles. The lowest BCUT2D eigenvalue weighted by molar-refractivity contribution is -0.00620. The highest BCUT2D eigenvalue weighted by Crippen LogP contribution is 2.79. The zero-order chi connectivity index (χ0) is 22.1. The second-order valence-corrected chi connectivity index (χ2v) is 9.22. The van der Waals surface area contributed by atoms with Crippen molar-refractivity contribution in [3.8, 4) is 24.3 Å². The van der Waals surface area contributed by atoms with Crippen LogP contribution >= 0.6 is 0 Å². The highest BCUT2D eigenvalue weighted by Gasteiger charge is 2.81. The third kappa shape index (κ3) is 1.64. The standard InChI is InChI=1S/C28H18N4/c29-14-23-24(15-30)28(17-32)21-11-5-4-10-20(21)26(16-31)22(18-7-2-1-3-8-18)13-19-9-6-12-27(23,28)25(19)26/h1-8,10-12,22-24H,9,13H2/t22-,23-,24-,26+,27+,28+/m0/s1. The van der Waals surface area contributed by atoms with E-state index in [4.69, 9.17) is 0 Å². The van der Waals surface area contributed by atoms with Crippen molar-refractivity contribution < 1.29 is 0 Å². The van der Waals surface area contributed by atoms with Crippen molar-refractivity contribution >= 4 is 0 Å². The summed E-state index contributed by atoms with van der Waals surface area (Å²) in [6.07, 6.45) is 5.46. The molecule has 32 heavy (non-hydrogen) atoms. The Kier molecular flexibility index (Phi) is 3.48. The van der Waals surface area contributed by atoms with Gasteiger partial charge in [0.2, 0.25) is 0 Å². The van der Waals surface area contributed by atoms with E-state index in [1.807, 2.05) is 54.6 Å². The largest absolute Gasteiger partial charge is 0.198 e. The summed E-state index contributed by atoms with van der Waals surface area (Å²) in [6.45, 7) is 0. The molecule has 2 aromatic carbocycles. The summed E-state index contributed by atoms with van der Waals surface area (Å²) in [5.41, 5.74) is 1.64. The van der Waals surface area contributed by atoms with E-state index in [-0.39, 0.29) is 5.92 Å². The Morgan fingerprint density at radius 3 is 2.12 bits per heavy atom. The van der Waals surface area contributed by atoms with Gasteiger partial charge in [-0.05, 0) is 35.1 Å². The van der Waals surface area contributed by atoms with Crippen molar-refractivity contribution in [2.45, 2.75) is 29.6 Å². The third-order valence-corrected chi connectivity index (χ3v) is 8.43. The lowest BCUT2D eigenvalue weighted by atomic mass is 9.29.